The van der Waals surface area contributed by atoms with Crippen molar-refractivity contribution in [3.8, 4) is 0 Å². The molecule has 1 atom stereocenters. The number of nitrogens with zero attached hydrogens (tertiary/aromatic N) is 1. The van der Waals surface area contributed by atoms with Crippen LogP contribution in [0, 0.1) is 5.92 Å². The maximum atomic E-state index is 12.2. The van der Waals surface area contributed by atoms with Crippen molar-refractivity contribution in [3.05, 3.63) is 64.6 Å². The number of benzene rings is 2. The number of likely N-dealkylation sites (tertiary alicyclic amines) is 1. The Balaban J connectivity index is 1.46. The number of amides is 1. The van der Waals surface area contributed by atoms with Crippen LogP contribution in [0.15, 0.2) is 59.1 Å². The van der Waals surface area contributed by atoms with Crippen LogP contribution in [0.4, 0.5) is 5.69 Å². The molecular weight excluding hydrogens is 380 g/mol. The molecule has 0 unspecified atom stereocenters. The molecule has 0 bridgehead atoms. The van der Waals surface area contributed by atoms with Gasteiger partial charge in [0.1, 0.15) is 0 Å². The highest BCUT2D eigenvalue weighted by atomic mass is 79.9. The Labute approximate surface area is 157 Å². The van der Waals surface area contributed by atoms with E-state index in [2.05, 4.69) is 26.1 Å². The topological polar surface area (TPSA) is 52.6 Å². The number of nitrogens with one attached hydrogen (secondary N) is 1. The highest BCUT2D eigenvalue weighted by molar-refractivity contribution is 9.10. The molecule has 2 aromatic rings. The van der Waals surface area contributed by atoms with Crippen LogP contribution in [-0.2, 0) is 4.79 Å². The zero-order valence-electron chi connectivity index (χ0n) is 14.1. The van der Waals surface area contributed by atoms with Gasteiger partial charge in [0.25, 0.3) is 0 Å². The lowest BCUT2D eigenvalue weighted by molar-refractivity contribution is -0.117. The van der Waals surface area contributed by atoms with Gasteiger partial charge in [0.05, 0.1) is 12.6 Å². The molecule has 1 amide bonds. The third-order valence-electron chi connectivity index (χ3n) is 4.72. The quantitative estimate of drug-likeness (QED) is 0.798. The molecule has 132 valence electrons. The Kier molecular flexibility index (Phi) is 6.24. The Morgan fingerprint density at radius 1 is 1.12 bits per heavy atom. The Morgan fingerprint density at radius 3 is 2.40 bits per heavy atom. The van der Waals surface area contributed by atoms with Gasteiger partial charge in [0.2, 0.25) is 5.91 Å². The third-order valence-corrected chi connectivity index (χ3v) is 5.24. The molecule has 4 nitrogen and oxygen atoms in total. The van der Waals surface area contributed by atoms with Gasteiger partial charge in [-0.15, -0.1) is 0 Å². The largest absolute Gasteiger partial charge is 0.388 e. The van der Waals surface area contributed by atoms with Crippen LogP contribution in [0.1, 0.15) is 24.5 Å². The van der Waals surface area contributed by atoms with Gasteiger partial charge in [0, 0.05) is 10.2 Å². The first-order valence-electron chi connectivity index (χ1n) is 8.62. The first kappa shape index (κ1) is 18.1. The summed E-state index contributed by atoms with van der Waals surface area (Å²) in [6.07, 6.45) is 1.39. The lowest BCUT2D eigenvalue weighted by Gasteiger charge is -2.34. The molecule has 0 aromatic heterocycles. The van der Waals surface area contributed by atoms with Crippen LogP contribution >= 0.6 is 15.9 Å². The maximum Gasteiger partial charge on any atom is 0.238 e. The van der Waals surface area contributed by atoms with Gasteiger partial charge in [-0.05, 0) is 61.7 Å². The van der Waals surface area contributed by atoms with Crippen molar-refractivity contribution >= 4 is 27.5 Å². The zero-order chi connectivity index (χ0) is 17.6. The molecule has 1 aliphatic rings. The van der Waals surface area contributed by atoms with Crippen molar-refractivity contribution in [2.75, 3.05) is 25.0 Å². The standard InChI is InChI=1S/C20H23BrN2O2/c21-17-6-8-18(9-7-17)22-19(24)14-23-12-10-16(11-13-23)20(25)15-4-2-1-3-5-15/h1-9,16,20,25H,10-14H2,(H,22,24)/t20-/m1/s1. The molecular formula is C20H23BrN2O2. The lowest BCUT2D eigenvalue weighted by Crippen LogP contribution is -2.40. The van der Waals surface area contributed by atoms with Crippen LogP contribution in [-0.4, -0.2) is 35.5 Å². The number of piperidine rings is 1. The molecule has 25 heavy (non-hydrogen) atoms. The molecule has 0 aliphatic carbocycles. The number of aliphatic hydroxyl groups is 1. The van der Waals surface area contributed by atoms with Gasteiger partial charge >= 0.3 is 0 Å². The normalized spacial score (nSPS) is 17.2. The van der Waals surface area contributed by atoms with Gasteiger partial charge in [-0.2, -0.15) is 0 Å². The van der Waals surface area contributed by atoms with E-state index < -0.39 is 6.10 Å². The Morgan fingerprint density at radius 2 is 1.76 bits per heavy atom. The van der Waals surface area contributed by atoms with Crippen molar-refractivity contribution in [1.82, 2.24) is 4.90 Å². The summed E-state index contributed by atoms with van der Waals surface area (Å²) >= 11 is 3.38. The van der Waals surface area contributed by atoms with E-state index in [1.165, 1.54) is 0 Å². The maximum absolute atomic E-state index is 12.2. The van der Waals surface area contributed by atoms with Gasteiger partial charge in [0.15, 0.2) is 0 Å². The summed E-state index contributed by atoms with van der Waals surface area (Å²) in [7, 11) is 0. The van der Waals surface area contributed by atoms with E-state index in [1.54, 1.807) is 0 Å². The third kappa shape index (κ3) is 5.14. The fourth-order valence-corrected chi connectivity index (χ4v) is 3.55. The predicted molar refractivity (Wildman–Crippen MR) is 103 cm³/mol. The minimum Gasteiger partial charge on any atom is -0.388 e. The van der Waals surface area contributed by atoms with Crippen molar-refractivity contribution in [2.45, 2.75) is 18.9 Å². The predicted octanol–water partition coefficient (Wildman–Crippen LogP) is 3.83. The van der Waals surface area contributed by atoms with E-state index in [4.69, 9.17) is 0 Å². The average Bonchev–Trinajstić information content (AvgIpc) is 2.64. The molecule has 0 radical (unpaired) electrons. The molecule has 5 heteroatoms. The molecule has 1 fully saturated rings. The summed E-state index contributed by atoms with van der Waals surface area (Å²) in [5.74, 6) is 0.262. The van der Waals surface area contributed by atoms with Crippen molar-refractivity contribution in [3.63, 3.8) is 0 Å². The second kappa shape index (κ2) is 8.61. The summed E-state index contributed by atoms with van der Waals surface area (Å²) in [5, 5.41) is 13.5. The second-order valence-corrected chi connectivity index (χ2v) is 7.44. The van der Waals surface area contributed by atoms with Crippen LogP contribution in [0.25, 0.3) is 0 Å². The number of halogens is 1. The molecule has 0 saturated carbocycles. The van der Waals surface area contributed by atoms with E-state index in [0.717, 1.165) is 41.7 Å². The summed E-state index contributed by atoms with van der Waals surface area (Å²) in [4.78, 5) is 14.3. The average molecular weight is 403 g/mol. The number of hydrogen-bond donors (Lipinski definition) is 2. The van der Waals surface area contributed by atoms with E-state index in [9.17, 15) is 9.90 Å². The van der Waals surface area contributed by atoms with E-state index in [1.807, 2.05) is 54.6 Å². The Bertz CT molecular complexity index is 683. The highest BCUT2D eigenvalue weighted by Gasteiger charge is 2.26. The number of hydrogen-bond acceptors (Lipinski definition) is 3. The summed E-state index contributed by atoms with van der Waals surface area (Å²) in [6, 6.07) is 17.4. The summed E-state index contributed by atoms with van der Waals surface area (Å²) in [5.41, 5.74) is 1.79. The zero-order valence-corrected chi connectivity index (χ0v) is 15.7. The SMILES string of the molecule is O=C(CN1CCC([C@H](O)c2ccccc2)CC1)Nc1ccc(Br)cc1. The molecule has 3 rings (SSSR count). The minimum absolute atomic E-state index is 0.00406. The molecule has 1 aliphatic heterocycles. The van der Waals surface area contributed by atoms with Crippen molar-refractivity contribution < 1.29 is 9.90 Å². The summed E-state index contributed by atoms with van der Waals surface area (Å²) in [6.45, 7) is 2.06. The number of aliphatic hydroxyl groups excluding tert-OH is 1. The number of rotatable bonds is 5. The van der Waals surface area contributed by atoms with E-state index in [0.29, 0.717) is 6.54 Å². The number of carbonyl (C=O) groups is 1. The first-order valence-corrected chi connectivity index (χ1v) is 9.42. The Hall–Kier alpha value is -1.69. The smallest absolute Gasteiger partial charge is 0.238 e. The monoisotopic (exact) mass is 402 g/mol. The molecule has 2 aromatic carbocycles. The van der Waals surface area contributed by atoms with Crippen molar-refractivity contribution in [2.24, 2.45) is 5.92 Å². The molecule has 1 saturated heterocycles. The minimum atomic E-state index is -0.417. The molecule has 1 heterocycles. The van der Waals surface area contributed by atoms with Crippen LogP contribution in [0.3, 0.4) is 0 Å². The first-order chi connectivity index (χ1) is 12.1. The molecule has 2 N–H and O–H groups in total. The van der Waals surface area contributed by atoms with Crippen LogP contribution in [0.2, 0.25) is 0 Å². The molecule has 0 spiro atoms. The van der Waals surface area contributed by atoms with Gasteiger partial charge in [-0.1, -0.05) is 46.3 Å². The number of anilines is 1. The van der Waals surface area contributed by atoms with E-state index in [-0.39, 0.29) is 11.8 Å². The van der Waals surface area contributed by atoms with Crippen LogP contribution < -0.4 is 5.32 Å². The number of carbonyl (C=O) groups excluding carboxylic acids is 1. The van der Waals surface area contributed by atoms with Gasteiger partial charge in [-0.3, -0.25) is 9.69 Å². The lowest BCUT2D eigenvalue weighted by atomic mass is 9.87. The summed E-state index contributed by atoms with van der Waals surface area (Å²) < 4.78 is 0.990. The second-order valence-electron chi connectivity index (χ2n) is 6.52. The fraction of sp³-hybridized carbons (Fsp3) is 0.350. The highest BCUT2D eigenvalue weighted by Crippen LogP contribution is 2.30. The van der Waals surface area contributed by atoms with Crippen LogP contribution in [0.5, 0.6) is 0 Å². The van der Waals surface area contributed by atoms with Gasteiger partial charge in [-0.25, -0.2) is 0 Å². The van der Waals surface area contributed by atoms with Crippen molar-refractivity contribution in [1.29, 1.82) is 0 Å². The van der Waals surface area contributed by atoms with E-state index >= 15 is 0 Å². The fourth-order valence-electron chi connectivity index (χ4n) is 3.29. The van der Waals surface area contributed by atoms with Gasteiger partial charge < -0.3 is 10.4 Å².